The van der Waals surface area contributed by atoms with Crippen molar-refractivity contribution in [2.75, 3.05) is 0 Å². The molecule has 0 saturated heterocycles. The third-order valence-electron chi connectivity index (χ3n) is 2.14. The molecule has 0 radical (unpaired) electrons. The van der Waals surface area contributed by atoms with Crippen LogP contribution in [0, 0.1) is 18.3 Å². The number of benzene rings is 1. The molecule has 2 N–H and O–H groups in total. The number of nitriles is 1. The zero-order valence-corrected chi connectivity index (χ0v) is 9.07. The van der Waals surface area contributed by atoms with Crippen LogP contribution in [0.25, 0.3) is 0 Å². The van der Waals surface area contributed by atoms with Crippen LogP contribution in [-0.4, -0.2) is 16.3 Å². The van der Waals surface area contributed by atoms with Crippen molar-refractivity contribution in [3.05, 3.63) is 34.3 Å². The summed E-state index contributed by atoms with van der Waals surface area (Å²) < 4.78 is 0. The first kappa shape index (κ1) is 12.0. The second kappa shape index (κ2) is 5.13. The Kier molecular flexibility index (Phi) is 4.10. The van der Waals surface area contributed by atoms with Crippen molar-refractivity contribution < 1.29 is 10.2 Å². The lowest BCUT2D eigenvalue weighted by Crippen LogP contribution is -2.17. The molecule has 2 atom stereocenters. The highest BCUT2D eigenvalue weighted by Crippen LogP contribution is 2.27. The molecule has 80 valence electrons. The minimum Gasteiger partial charge on any atom is -0.389 e. The van der Waals surface area contributed by atoms with Crippen molar-refractivity contribution in [3.8, 4) is 6.07 Å². The van der Waals surface area contributed by atoms with E-state index in [9.17, 15) is 10.2 Å². The number of aliphatic hydroxyl groups excluding tert-OH is 2. The maximum absolute atomic E-state index is 9.74. The minimum atomic E-state index is -1.11. The highest BCUT2D eigenvalue weighted by atomic mass is 35.5. The van der Waals surface area contributed by atoms with E-state index in [0.717, 1.165) is 5.56 Å². The molecule has 1 aromatic rings. The molecule has 0 saturated carbocycles. The van der Waals surface area contributed by atoms with Gasteiger partial charge in [-0.15, -0.1) is 0 Å². The Balaban J connectivity index is 2.95. The lowest BCUT2D eigenvalue weighted by Gasteiger charge is -2.17. The number of rotatable bonds is 3. The van der Waals surface area contributed by atoms with E-state index in [1.165, 1.54) is 0 Å². The first-order chi connectivity index (χ1) is 7.06. The zero-order chi connectivity index (χ0) is 11.4. The summed E-state index contributed by atoms with van der Waals surface area (Å²) in [5.74, 6) is 0. The van der Waals surface area contributed by atoms with Crippen LogP contribution in [0.15, 0.2) is 18.2 Å². The molecule has 0 aliphatic rings. The van der Waals surface area contributed by atoms with E-state index in [4.69, 9.17) is 16.9 Å². The predicted octanol–water partition coefficient (Wildman–Crippen LogP) is 1.96. The summed E-state index contributed by atoms with van der Waals surface area (Å²) in [6.07, 6.45) is -2.34. The van der Waals surface area contributed by atoms with Crippen molar-refractivity contribution in [1.29, 1.82) is 5.26 Å². The molecule has 15 heavy (non-hydrogen) atoms. The number of aryl methyl sites for hydroxylation is 1. The Morgan fingerprint density at radius 3 is 2.73 bits per heavy atom. The van der Waals surface area contributed by atoms with Gasteiger partial charge < -0.3 is 10.2 Å². The van der Waals surface area contributed by atoms with Crippen molar-refractivity contribution in [2.45, 2.75) is 25.6 Å². The van der Waals surface area contributed by atoms with Crippen LogP contribution in [0.2, 0.25) is 5.02 Å². The van der Waals surface area contributed by atoms with Crippen molar-refractivity contribution in [1.82, 2.24) is 0 Å². The van der Waals surface area contributed by atoms with E-state index in [-0.39, 0.29) is 6.42 Å². The Morgan fingerprint density at radius 1 is 1.47 bits per heavy atom. The lowest BCUT2D eigenvalue weighted by atomic mass is 10.0. The fraction of sp³-hybridized carbons (Fsp3) is 0.364. The van der Waals surface area contributed by atoms with Crippen molar-refractivity contribution in [2.24, 2.45) is 0 Å². The van der Waals surface area contributed by atoms with Crippen LogP contribution in [-0.2, 0) is 0 Å². The average Bonchev–Trinajstić information content (AvgIpc) is 2.21. The second-order valence-electron chi connectivity index (χ2n) is 3.40. The highest BCUT2D eigenvalue weighted by Gasteiger charge is 2.20. The molecule has 0 fully saturated rings. The largest absolute Gasteiger partial charge is 0.389 e. The average molecular weight is 226 g/mol. The van der Waals surface area contributed by atoms with Gasteiger partial charge in [-0.1, -0.05) is 29.3 Å². The number of halogens is 1. The van der Waals surface area contributed by atoms with E-state index in [1.807, 2.05) is 13.0 Å². The summed E-state index contributed by atoms with van der Waals surface area (Å²) in [4.78, 5) is 0. The van der Waals surface area contributed by atoms with E-state index < -0.39 is 12.2 Å². The van der Waals surface area contributed by atoms with E-state index in [0.29, 0.717) is 10.6 Å². The fourth-order valence-corrected chi connectivity index (χ4v) is 1.53. The Labute approximate surface area is 93.5 Å². The molecule has 0 bridgehead atoms. The fourth-order valence-electron chi connectivity index (χ4n) is 1.30. The molecular weight excluding hydrogens is 214 g/mol. The van der Waals surface area contributed by atoms with Crippen LogP contribution in [0.1, 0.15) is 23.7 Å². The summed E-state index contributed by atoms with van der Waals surface area (Å²) in [7, 11) is 0. The van der Waals surface area contributed by atoms with Crippen LogP contribution in [0.4, 0.5) is 0 Å². The smallest absolute Gasteiger partial charge is 0.107 e. The maximum Gasteiger partial charge on any atom is 0.107 e. The third-order valence-corrected chi connectivity index (χ3v) is 2.48. The van der Waals surface area contributed by atoms with Crippen molar-refractivity contribution >= 4 is 11.6 Å². The second-order valence-corrected chi connectivity index (χ2v) is 3.81. The summed E-state index contributed by atoms with van der Waals surface area (Å²) in [6, 6.07) is 6.98. The molecule has 0 amide bonds. The number of nitrogens with zero attached hydrogens (tertiary/aromatic N) is 1. The van der Waals surface area contributed by atoms with Gasteiger partial charge in [-0.25, -0.2) is 0 Å². The summed E-state index contributed by atoms with van der Waals surface area (Å²) in [5.41, 5.74) is 1.40. The molecule has 0 spiro atoms. The Bertz CT molecular complexity index is 387. The monoisotopic (exact) mass is 225 g/mol. The number of aliphatic hydroxyl groups is 2. The molecule has 1 rings (SSSR count). The normalized spacial score (nSPS) is 14.3. The molecule has 0 aliphatic heterocycles. The standard InChI is InChI=1S/C11H12ClNO2/c1-7-2-3-9(12)8(6-7)11(15)10(14)4-5-13/h2-3,6,10-11,14-15H,4H2,1H3. The summed E-state index contributed by atoms with van der Waals surface area (Å²) in [6.45, 7) is 1.86. The van der Waals surface area contributed by atoms with Gasteiger partial charge >= 0.3 is 0 Å². The summed E-state index contributed by atoms with van der Waals surface area (Å²) >= 11 is 5.88. The van der Waals surface area contributed by atoms with Gasteiger partial charge in [0.25, 0.3) is 0 Å². The van der Waals surface area contributed by atoms with Gasteiger partial charge in [0.1, 0.15) is 6.10 Å². The molecule has 2 unspecified atom stereocenters. The quantitative estimate of drug-likeness (QED) is 0.827. The maximum atomic E-state index is 9.74. The van der Waals surface area contributed by atoms with Crippen LogP contribution in [0.3, 0.4) is 0 Å². The van der Waals surface area contributed by atoms with Gasteiger partial charge in [0.2, 0.25) is 0 Å². The molecule has 3 nitrogen and oxygen atoms in total. The first-order valence-corrected chi connectivity index (χ1v) is 4.93. The Morgan fingerprint density at radius 2 is 2.13 bits per heavy atom. The van der Waals surface area contributed by atoms with Gasteiger partial charge in [-0.2, -0.15) is 5.26 Å². The van der Waals surface area contributed by atoms with E-state index >= 15 is 0 Å². The van der Waals surface area contributed by atoms with Gasteiger partial charge in [-0.05, 0) is 13.0 Å². The Hall–Kier alpha value is -1.08. The zero-order valence-electron chi connectivity index (χ0n) is 8.31. The molecule has 0 aromatic heterocycles. The lowest BCUT2D eigenvalue weighted by molar-refractivity contribution is 0.0216. The number of hydrogen-bond acceptors (Lipinski definition) is 3. The van der Waals surface area contributed by atoms with Gasteiger partial charge in [0, 0.05) is 10.6 Å². The molecule has 0 heterocycles. The third kappa shape index (κ3) is 2.93. The first-order valence-electron chi connectivity index (χ1n) is 4.55. The van der Waals surface area contributed by atoms with Crippen LogP contribution in [0.5, 0.6) is 0 Å². The van der Waals surface area contributed by atoms with Gasteiger partial charge in [-0.3, -0.25) is 0 Å². The molecular formula is C11H12ClNO2. The summed E-state index contributed by atoms with van der Waals surface area (Å²) in [5, 5.41) is 28.0. The minimum absolute atomic E-state index is 0.120. The van der Waals surface area contributed by atoms with Crippen LogP contribution < -0.4 is 0 Å². The topological polar surface area (TPSA) is 64.2 Å². The SMILES string of the molecule is Cc1ccc(Cl)c(C(O)C(O)CC#N)c1. The van der Waals surface area contributed by atoms with Crippen molar-refractivity contribution in [3.63, 3.8) is 0 Å². The van der Waals surface area contributed by atoms with Crippen LogP contribution >= 0.6 is 11.6 Å². The van der Waals surface area contributed by atoms with E-state index in [2.05, 4.69) is 0 Å². The predicted molar refractivity (Wildman–Crippen MR) is 57.4 cm³/mol. The molecule has 0 aliphatic carbocycles. The van der Waals surface area contributed by atoms with Gasteiger partial charge in [0.15, 0.2) is 0 Å². The highest BCUT2D eigenvalue weighted by molar-refractivity contribution is 6.31. The number of hydrogen-bond donors (Lipinski definition) is 2. The van der Waals surface area contributed by atoms with Gasteiger partial charge in [0.05, 0.1) is 18.6 Å². The van der Waals surface area contributed by atoms with E-state index in [1.54, 1.807) is 18.2 Å². The molecule has 4 heteroatoms. The molecule has 1 aromatic carbocycles.